The number of nitrogens with two attached hydrogens (primary N) is 1. The van der Waals surface area contributed by atoms with Gasteiger partial charge in [-0.3, -0.25) is 0 Å². The lowest BCUT2D eigenvalue weighted by Crippen LogP contribution is -2.06. The zero-order chi connectivity index (χ0) is 14.7. The van der Waals surface area contributed by atoms with Gasteiger partial charge in [-0.1, -0.05) is 40.5 Å². The van der Waals surface area contributed by atoms with Crippen LogP contribution in [0.25, 0.3) is 0 Å². The van der Waals surface area contributed by atoms with Crippen molar-refractivity contribution in [3.63, 3.8) is 0 Å². The molecule has 2 N–H and O–H groups in total. The first kappa shape index (κ1) is 15.4. The van der Waals surface area contributed by atoms with Crippen molar-refractivity contribution in [2.75, 3.05) is 0 Å². The third-order valence-electron chi connectivity index (χ3n) is 3.09. The smallest absolute Gasteiger partial charge is 0.133 e. The Morgan fingerprint density at radius 2 is 2.00 bits per heavy atom. The summed E-state index contributed by atoms with van der Waals surface area (Å²) >= 11 is 9.58. The van der Waals surface area contributed by atoms with Gasteiger partial charge in [-0.05, 0) is 49.2 Å². The van der Waals surface area contributed by atoms with Crippen LogP contribution in [0, 0.1) is 0 Å². The number of rotatable bonds is 4. The third-order valence-corrected chi connectivity index (χ3v) is 3.95. The van der Waals surface area contributed by atoms with Crippen LogP contribution in [-0.2, 0) is 6.42 Å². The summed E-state index contributed by atoms with van der Waals surface area (Å²) < 4.78 is 6.94. The van der Waals surface area contributed by atoms with Crippen LogP contribution in [0.1, 0.15) is 31.0 Å². The predicted octanol–water partition coefficient (Wildman–Crippen LogP) is 5.48. The normalized spacial score (nSPS) is 12.2. The summed E-state index contributed by atoms with van der Waals surface area (Å²) in [5, 5.41) is 0.765. The van der Waals surface area contributed by atoms with Crippen LogP contribution >= 0.6 is 27.5 Å². The van der Waals surface area contributed by atoms with Gasteiger partial charge in [0.25, 0.3) is 0 Å². The molecule has 0 radical (unpaired) electrons. The zero-order valence-electron chi connectivity index (χ0n) is 11.5. The minimum absolute atomic E-state index is 0.0870. The monoisotopic (exact) mass is 353 g/mol. The maximum Gasteiger partial charge on any atom is 0.133 e. The lowest BCUT2D eigenvalue weighted by Gasteiger charge is -2.15. The van der Waals surface area contributed by atoms with Crippen molar-refractivity contribution >= 4 is 27.5 Å². The summed E-state index contributed by atoms with van der Waals surface area (Å²) in [6, 6.07) is 11.5. The van der Waals surface area contributed by atoms with Crippen LogP contribution in [-0.4, -0.2) is 0 Å². The van der Waals surface area contributed by atoms with Crippen molar-refractivity contribution in [1.29, 1.82) is 0 Å². The highest BCUT2D eigenvalue weighted by atomic mass is 79.9. The Labute approximate surface area is 133 Å². The highest BCUT2D eigenvalue weighted by Crippen LogP contribution is 2.33. The quantitative estimate of drug-likeness (QED) is 0.789. The number of halogens is 2. The van der Waals surface area contributed by atoms with E-state index in [2.05, 4.69) is 22.9 Å². The van der Waals surface area contributed by atoms with Crippen LogP contribution in [0.5, 0.6) is 11.5 Å². The van der Waals surface area contributed by atoms with E-state index < -0.39 is 0 Å². The van der Waals surface area contributed by atoms with Crippen LogP contribution in [0.15, 0.2) is 40.9 Å². The first-order valence-electron chi connectivity index (χ1n) is 6.52. The van der Waals surface area contributed by atoms with Gasteiger partial charge in [0.2, 0.25) is 0 Å². The Balaban J connectivity index is 2.36. The Morgan fingerprint density at radius 3 is 2.65 bits per heavy atom. The number of ether oxygens (including phenoxy) is 1. The standard InChI is InChI=1S/C16H17BrClNO/c1-3-11-8-13(5-7-15(11)18)20-16-9-12(17)4-6-14(16)10(2)19/h4-10H,3,19H2,1-2H3. The van der Waals surface area contributed by atoms with E-state index in [1.54, 1.807) is 0 Å². The molecule has 0 saturated heterocycles. The molecule has 4 heteroatoms. The maximum atomic E-state index is 6.12. The molecule has 0 aliphatic carbocycles. The molecule has 2 aromatic rings. The molecule has 0 aliphatic rings. The van der Waals surface area contributed by atoms with E-state index in [4.69, 9.17) is 22.1 Å². The summed E-state index contributed by atoms with van der Waals surface area (Å²) in [5.41, 5.74) is 8.03. The van der Waals surface area contributed by atoms with E-state index in [1.165, 1.54) is 0 Å². The fraction of sp³-hybridized carbons (Fsp3) is 0.250. The molecule has 2 rings (SSSR count). The van der Waals surface area contributed by atoms with Gasteiger partial charge in [-0.15, -0.1) is 0 Å². The Bertz CT molecular complexity index is 613. The summed E-state index contributed by atoms with van der Waals surface area (Å²) in [6.07, 6.45) is 0.870. The molecule has 0 bridgehead atoms. The highest BCUT2D eigenvalue weighted by Gasteiger charge is 2.10. The van der Waals surface area contributed by atoms with E-state index in [9.17, 15) is 0 Å². The average Bonchev–Trinajstić information content (AvgIpc) is 2.40. The van der Waals surface area contributed by atoms with Gasteiger partial charge in [-0.2, -0.15) is 0 Å². The van der Waals surface area contributed by atoms with Gasteiger partial charge in [0.05, 0.1) is 0 Å². The lowest BCUT2D eigenvalue weighted by atomic mass is 10.1. The second-order valence-electron chi connectivity index (χ2n) is 4.68. The van der Waals surface area contributed by atoms with Crippen molar-refractivity contribution in [3.8, 4) is 11.5 Å². The topological polar surface area (TPSA) is 35.2 Å². The van der Waals surface area contributed by atoms with Gasteiger partial charge in [0.15, 0.2) is 0 Å². The fourth-order valence-electron chi connectivity index (χ4n) is 1.99. The summed E-state index contributed by atoms with van der Waals surface area (Å²) in [5.74, 6) is 1.53. The Kier molecular flexibility index (Phi) is 5.08. The van der Waals surface area contributed by atoms with E-state index >= 15 is 0 Å². The first-order chi connectivity index (χ1) is 9.51. The van der Waals surface area contributed by atoms with Crippen LogP contribution < -0.4 is 10.5 Å². The molecule has 2 nitrogen and oxygen atoms in total. The van der Waals surface area contributed by atoms with Crippen molar-refractivity contribution in [2.45, 2.75) is 26.3 Å². The van der Waals surface area contributed by atoms with Crippen LogP contribution in [0.3, 0.4) is 0 Å². The fourth-order valence-corrected chi connectivity index (χ4v) is 2.58. The van der Waals surface area contributed by atoms with Gasteiger partial charge in [-0.25, -0.2) is 0 Å². The molecule has 0 amide bonds. The van der Waals surface area contributed by atoms with Crippen molar-refractivity contribution in [3.05, 3.63) is 57.0 Å². The molecule has 0 aliphatic heterocycles. The van der Waals surface area contributed by atoms with E-state index in [0.717, 1.165) is 38.5 Å². The molecule has 106 valence electrons. The summed E-state index contributed by atoms with van der Waals surface area (Å²) in [4.78, 5) is 0. The van der Waals surface area contributed by atoms with Crippen LogP contribution in [0.4, 0.5) is 0 Å². The number of hydrogen-bond donors (Lipinski definition) is 1. The van der Waals surface area contributed by atoms with Crippen molar-refractivity contribution in [2.24, 2.45) is 5.73 Å². The SMILES string of the molecule is CCc1cc(Oc2cc(Br)ccc2C(C)N)ccc1Cl. The van der Waals surface area contributed by atoms with Crippen molar-refractivity contribution < 1.29 is 4.74 Å². The van der Waals surface area contributed by atoms with Gasteiger partial charge < -0.3 is 10.5 Å². The van der Waals surface area contributed by atoms with E-state index in [-0.39, 0.29) is 6.04 Å². The molecule has 0 heterocycles. The zero-order valence-corrected chi connectivity index (χ0v) is 13.8. The molecule has 0 spiro atoms. The third kappa shape index (κ3) is 3.54. The molecule has 0 fully saturated rings. The van der Waals surface area contributed by atoms with Gasteiger partial charge in [0.1, 0.15) is 11.5 Å². The largest absolute Gasteiger partial charge is 0.457 e. The molecule has 0 saturated carbocycles. The Hall–Kier alpha value is -1.03. The van der Waals surface area contributed by atoms with Crippen molar-refractivity contribution in [1.82, 2.24) is 0 Å². The molecular weight excluding hydrogens is 338 g/mol. The first-order valence-corrected chi connectivity index (χ1v) is 7.69. The average molecular weight is 355 g/mol. The number of aryl methyl sites for hydroxylation is 1. The number of hydrogen-bond acceptors (Lipinski definition) is 2. The predicted molar refractivity (Wildman–Crippen MR) is 87.6 cm³/mol. The van der Waals surface area contributed by atoms with Gasteiger partial charge >= 0.3 is 0 Å². The second kappa shape index (κ2) is 6.61. The van der Waals surface area contributed by atoms with Crippen LogP contribution in [0.2, 0.25) is 5.02 Å². The maximum absolute atomic E-state index is 6.12. The second-order valence-corrected chi connectivity index (χ2v) is 6.00. The molecular formula is C16H17BrClNO. The molecule has 1 unspecified atom stereocenters. The summed E-state index contributed by atoms with van der Waals surface area (Å²) in [6.45, 7) is 4.01. The molecule has 2 aromatic carbocycles. The molecule has 0 aromatic heterocycles. The minimum Gasteiger partial charge on any atom is -0.457 e. The number of benzene rings is 2. The molecule has 1 atom stereocenters. The van der Waals surface area contributed by atoms with E-state index in [1.807, 2.05) is 43.3 Å². The lowest BCUT2D eigenvalue weighted by molar-refractivity contribution is 0.471. The summed E-state index contributed by atoms with van der Waals surface area (Å²) in [7, 11) is 0. The van der Waals surface area contributed by atoms with E-state index in [0.29, 0.717) is 0 Å². The van der Waals surface area contributed by atoms with Gasteiger partial charge in [0, 0.05) is 21.1 Å². The molecule has 20 heavy (non-hydrogen) atoms. The highest BCUT2D eigenvalue weighted by molar-refractivity contribution is 9.10. The minimum atomic E-state index is -0.0870. The Morgan fingerprint density at radius 1 is 1.25 bits per heavy atom.